The van der Waals surface area contributed by atoms with Gasteiger partial charge in [-0.2, -0.15) is 0 Å². The zero-order chi connectivity index (χ0) is 10.6. The maximum absolute atomic E-state index is 10.7. The molecule has 0 saturated carbocycles. The summed E-state index contributed by atoms with van der Waals surface area (Å²) in [7, 11) is -2.52. The summed E-state index contributed by atoms with van der Waals surface area (Å²) in [5.74, 6) is 0.607. The number of hydrogen-bond acceptors (Lipinski definition) is 3. The fraction of sp³-hybridized carbons (Fsp3) is 0.400. The molecule has 0 spiro atoms. The third kappa shape index (κ3) is 3.03. The molecule has 0 aromatic heterocycles. The van der Waals surface area contributed by atoms with Crippen LogP contribution in [0.1, 0.15) is 20.3 Å². The first kappa shape index (κ1) is 11.0. The van der Waals surface area contributed by atoms with Crippen LogP contribution in [-0.2, 0) is 10.7 Å². The van der Waals surface area contributed by atoms with E-state index in [-0.39, 0.29) is 6.10 Å². The van der Waals surface area contributed by atoms with Crippen LogP contribution >= 0.6 is 0 Å². The molecule has 3 nitrogen and oxygen atoms in total. The lowest BCUT2D eigenvalue weighted by molar-refractivity contribution is 0.217. The minimum atomic E-state index is -2.52. The molecule has 0 aliphatic carbocycles. The Morgan fingerprint density at radius 3 is 2.71 bits per heavy atom. The number of thiol groups is 1. The molecule has 1 aromatic carbocycles. The topological polar surface area (TPSA) is 43.4 Å². The first-order valence-electron chi connectivity index (χ1n) is 4.54. The third-order valence-corrected chi connectivity index (χ3v) is 2.64. The molecule has 0 heterocycles. The van der Waals surface area contributed by atoms with E-state index in [4.69, 9.17) is 4.74 Å². The quantitative estimate of drug-likeness (QED) is 0.778. The summed E-state index contributed by atoms with van der Waals surface area (Å²) in [5.41, 5.74) is 0. The Balaban J connectivity index is 2.83. The van der Waals surface area contributed by atoms with E-state index in [1.54, 1.807) is 18.2 Å². The molecule has 1 unspecified atom stereocenters. The molecule has 0 amide bonds. The van der Waals surface area contributed by atoms with Gasteiger partial charge in [0.2, 0.25) is 0 Å². The van der Waals surface area contributed by atoms with Crippen molar-refractivity contribution in [2.75, 3.05) is 0 Å². The molecule has 1 aromatic rings. The van der Waals surface area contributed by atoms with Crippen LogP contribution in [-0.4, -0.2) is 14.5 Å². The predicted molar refractivity (Wildman–Crippen MR) is 55.4 cm³/mol. The van der Waals surface area contributed by atoms with E-state index in [9.17, 15) is 8.42 Å². The molecule has 0 aliphatic rings. The molecule has 1 rings (SSSR count). The maximum atomic E-state index is 10.7. The molecule has 0 N–H and O–H groups in total. The highest BCUT2D eigenvalue weighted by molar-refractivity contribution is 7.72. The van der Waals surface area contributed by atoms with Crippen molar-refractivity contribution in [3.63, 3.8) is 0 Å². The van der Waals surface area contributed by atoms with Gasteiger partial charge in [-0.3, -0.25) is 0 Å². The molecule has 0 aliphatic heterocycles. The summed E-state index contributed by atoms with van der Waals surface area (Å²) in [4.78, 5) is 0.292. The smallest absolute Gasteiger partial charge is 0.168 e. The van der Waals surface area contributed by atoms with Gasteiger partial charge in [-0.1, -0.05) is 13.0 Å². The number of hydrogen-bond donors (Lipinski definition) is 1. The summed E-state index contributed by atoms with van der Waals surface area (Å²) in [5, 5.41) is 0. The standard InChI is InChI=1S/C10H14O3S/c1-3-8(2)13-9-5-4-6-10(7-9)14(11)12/h4-8,14H,3H2,1-2H3. The largest absolute Gasteiger partial charge is 0.491 e. The molecule has 1 atom stereocenters. The van der Waals surface area contributed by atoms with Crippen LogP contribution in [0.25, 0.3) is 0 Å². The minimum absolute atomic E-state index is 0.106. The minimum Gasteiger partial charge on any atom is -0.491 e. The van der Waals surface area contributed by atoms with Gasteiger partial charge in [0.15, 0.2) is 10.7 Å². The molecule has 78 valence electrons. The summed E-state index contributed by atoms with van der Waals surface area (Å²) in [6.07, 6.45) is 1.00. The molecule has 0 bridgehead atoms. The van der Waals surface area contributed by atoms with E-state index in [0.717, 1.165) is 6.42 Å². The maximum Gasteiger partial charge on any atom is 0.168 e. The normalized spacial score (nSPS) is 12.8. The lowest BCUT2D eigenvalue weighted by atomic mass is 10.3. The van der Waals surface area contributed by atoms with Gasteiger partial charge in [0.1, 0.15) is 5.75 Å². The van der Waals surface area contributed by atoms with Crippen molar-refractivity contribution in [1.29, 1.82) is 0 Å². The van der Waals surface area contributed by atoms with Crippen LogP contribution in [0.3, 0.4) is 0 Å². The molecule has 4 heteroatoms. The highest BCUT2D eigenvalue weighted by atomic mass is 32.2. The molecular weight excluding hydrogens is 200 g/mol. The van der Waals surface area contributed by atoms with Crippen LogP contribution in [0.4, 0.5) is 0 Å². The third-order valence-electron chi connectivity index (χ3n) is 1.94. The zero-order valence-electron chi connectivity index (χ0n) is 8.27. The Hall–Kier alpha value is -1.03. The Kier molecular flexibility index (Phi) is 3.95. The Morgan fingerprint density at radius 1 is 1.43 bits per heavy atom. The highest BCUT2D eigenvalue weighted by Gasteiger charge is 2.02. The van der Waals surface area contributed by atoms with Crippen molar-refractivity contribution in [2.45, 2.75) is 31.3 Å². The fourth-order valence-corrected chi connectivity index (χ4v) is 1.43. The molecule has 0 radical (unpaired) electrons. The van der Waals surface area contributed by atoms with Gasteiger partial charge in [-0.25, -0.2) is 8.42 Å². The van der Waals surface area contributed by atoms with E-state index >= 15 is 0 Å². The van der Waals surface area contributed by atoms with Crippen LogP contribution in [0.2, 0.25) is 0 Å². The van der Waals surface area contributed by atoms with E-state index < -0.39 is 10.7 Å². The molecule has 0 fully saturated rings. The first-order chi connectivity index (χ1) is 6.63. The highest BCUT2D eigenvalue weighted by Crippen LogP contribution is 2.16. The Labute approximate surface area is 85.7 Å². The van der Waals surface area contributed by atoms with E-state index in [0.29, 0.717) is 10.6 Å². The molecular formula is C10H14O3S. The average Bonchev–Trinajstić information content (AvgIpc) is 2.18. The summed E-state index contributed by atoms with van der Waals surface area (Å²) < 4.78 is 26.9. The summed E-state index contributed by atoms with van der Waals surface area (Å²) in [6.45, 7) is 3.96. The van der Waals surface area contributed by atoms with Crippen molar-refractivity contribution in [3.8, 4) is 5.75 Å². The van der Waals surface area contributed by atoms with Crippen molar-refractivity contribution in [1.82, 2.24) is 0 Å². The lowest BCUT2D eigenvalue weighted by Crippen LogP contribution is -2.09. The lowest BCUT2D eigenvalue weighted by Gasteiger charge is -2.12. The number of ether oxygens (including phenoxy) is 1. The Morgan fingerprint density at radius 2 is 2.14 bits per heavy atom. The second kappa shape index (κ2) is 5.00. The average molecular weight is 214 g/mol. The van der Waals surface area contributed by atoms with E-state index in [2.05, 4.69) is 0 Å². The predicted octanol–water partition coefficient (Wildman–Crippen LogP) is 1.83. The van der Waals surface area contributed by atoms with Gasteiger partial charge in [0, 0.05) is 0 Å². The van der Waals surface area contributed by atoms with Crippen LogP contribution in [0.15, 0.2) is 29.2 Å². The van der Waals surface area contributed by atoms with Crippen LogP contribution < -0.4 is 4.74 Å². The van der Waals surface area contributed by atoms with Crippen LogP contribution in [0, 0.1) is 0 Å². The van der Waals surface area contributed by atoms with E-state index in [1.165, 1.54) is 6.07 Å². The molecule has 14 heavy (non-hydrogen) atoms. The second-order valence-electron chi connectivity index (χ2n) is 3.09. The van der Waals surface area contributed by atoms with E-state index in [1.807, 2.05) is 13.8 Å². The van der Waals surface area contributed by atoms with Crippen molar-refractivity contribution in [3.05, 3.63) is 24.3 Å². The first-order valence-corrected chi connectivity index (χ1v) is 5.72. The van der Waals surface area contributed by atoms with Gasteiger partial charge in [-0.15, -0.1) is 0 Å². The Bertz CT molecular complexity index is 363. The monoisotopic (exact) mass is 214 g/mol. The van der Waals surface area contributed by atoms with Gasteiger partial charge in [0.25, 0.3) is 0 Å². The zero-order valence-corrected chi connectivity index (χ0v) is 9.16. The summed E-state index contributed by atoms with van der Waals surface area (Å²) >= 11 is 0. The van der Waals surface area contributed by atoms with Crippen molar-refractivity contribution in [2.24, 2.45) is 0 Å². The molecule has 0 saturated heterocycles. The second-order valence-corrected chi connectivity index (χ2v) is 4.12. The number of rotatable bonds is 4. The van der Waals surface area contributed by atoms with Crippen LogP contribution in [0.5, 0.6) is 5.75 Å². The fourth-order valence-electron chi connectivity index (χ4n) is 0.986. The number of benzene rings is 1. The van der Waals surface area contributed by atoms with Crippen molar-refractivity contribution < 1.29 is 13.2 Å². The van der Waals surface area contributed by atoms with Crippen molar-refractivity contribution >= 4 is 10.7 Å². The van der Waals surface area contributed by atoms with Gasteiger partial charge in [0.05, 0.1) is 11.0 Å². The summed E-state index contributed by atoms with van der Waals surface area (Å²) in [6, 6.07) is 6.53. The van der Waals surface area contributed by atoms with Gasteiger partial charge < -0.3 is 4.74 Å². The SMILES string of the molecule is CCC(C)Oc1cccc([SH](=O)=O)c1. The van der Waals surface area contributed by atoms with Gasteiger partial charge >= 0.3 is 0 Å². The van der Waals surface area contributed by atoms with Gasteiger partial charge in [-0.05, 0) is 31.5 Å².